The summed E-state index contributed by atoms with van der Waals surface area (Å²) in [6.07, 6.45) is 11.7. The fourth-order valence-corrected chi connectivity index (χ4v) is 2.80. The smallest absolute Gasteiger partial charge is 0.0357 e. The van der Waals surface area contributed by atoms with E-state index in [2.05, 4.69) is 20.8 Å². The molecular weight excluding hydrogens is 168 g/mol. The molecule has 0 aromatic carbocycles. The quantitative estimate of drug-likeness (QED) is 0.478. The SMILES string of the molecule is CCCCCCC1CC1C(C)CCC. The minimum absolute atomic E-state index is 1.01. The maximum atomic E-state index is 2.46. The lowest BCUT2D eigenvalue weighted by Gasteiger charge is -2.08. The van der Waals surface area contributed by atoms with Gasteiger partial charge in [-0.1, -0.05) is 65.7 Å². The Morgan fingerprint density at radius 3 is 2.50 bits per heavy atom. The molecule has 0 heterocycles. The molecule has 84 valence electrons. The van der Waals surface area contributed by atoms with E-state index in [1.165, 1.54) is 44.9 Å². The first-order valence-corrected chi connectivity index (χ1v) is 6.79. The van der Waals surface area contributed by atoms with Crippen LogP contribution in [0.3, 0.4) is 0 Å². The van der Waals surface area contributed by atoms with Gasteiger partial charge in [0, 0.05) is 0 Å². The molecule has 0 radical (unpaired) electrons. The summed E-state index contributed by atoms with van der Waals surface area (Å²) in [5.74, 6) is 3.24. The molecule has 0 aliphatic heterocycles. The summed E-state index contributed by atoms with van der Waals surface area (Å²) in [5.41, 5.74) is 0. The van der Waals surface area contributed by atoms with Crippen LogP contribution in [0.15, 0.2) is 0 Å². The van der Waals surface area contributed by atoms with E-state index >= 15 is 0 Å². The van der Waals surface area contributed by atoms with Crippen molar-refractivity contribution in [1.29, 1.82) is 0 Å². The number of unbranched alkanes of at least 4 members (excludes halogenated alkanes) is 3. The molecule has 0 amide bonds. The molecule has 0 bridgehead atoms. The Hall–Kier alpha value is 0. The standard InChI is InChI=1S/C14H28/c1-4-6-7-8-10-13-11-14(13)12(3)9-5-2/h12-14H,4-11H2,1-3H3. The number of hydrogen-bond donors (Lipinski definition) is 0. The highest BCUT2D eigenvalue weighted by molar-refractivity contribution is 4.89. The predicted octanol–water partition coefficient (Wildman–Crippen LogP) is 5.03. The highest BCUT2D eigenvalue weighted by atomic mass is 14.4. The largest absolute Gasteiger partial charge is 0.0654 e. The number of rotatable bonds is 8. The zero-order chi connectivity index (χ0) is 10.4. The van der Waals surface area contributed by atoms with Gasteiger partial charge >= 0.3 is 0 Å². The minimum Gasteiger partial charge on any atom is -0.0654 e. The van der Waals surface area contributed by atoms with Crippen LogP contribution in [0.5, 0.6) is 0 Å². The van der Waals surface area contributed by atoms with Crippen LogP contribution < -0.4 is 0 Å². The van der Waals surface area contributed by atoms with Crippen LogP contribution in [-0.4, -0.2) is 0 Å². The van der Waals surface area contributed by atoms with E-state index in [0.717, 1.165) is 17.8 Å². The Morgan fingerprint density at radius 1 is 1.07 bits per heavy atom. The van der Waals surface area contributed by atoms with Crippen molar-refractivity contribution in [3.05, 3.63) is 0 Å². The maximum absolute atomic E-state index is 2.46. The average Bonchev–Trinajstić information content (AvgIpc) is 2.92. The van der Waals surface area contributed by atoms with Crippen molar-refractivity contribution < 1.29 is 0 Å². The van der Waals surface area contributed by atoms with Gasteiger partial charge in [0.15, 0.2) is 0 Å². The molecule has 0 spiro atoms. The highest BCUT2D eigenvalue weighted by Crippen LogP contribution is 2.48. The Morgan fingerprint density at radius 2 is 1.86 bits per heavy atom. The average molecular weight is 196 g/mol. The lowest BCUT2D eigenvalue weighted by molar-refractivity contribution is 0.424. The van der Waals surface area contributed by atoms with Crippen LogP contribution in [0.4, 0.5) is 0 Å². The van der Waals surface area contributed by atoms with Crippen LogP contribution >= 0.6 is 0 Å². The van der Waals surface area contributed by atoms with Crippen LogP contribution in [0.2, 0.25) is 0 Å². The van der Waals surface area contributed by atoms with Crippen molar-refractivity contribution in [3.8, 4) is 0 Å². The fraction of sp³-hybridized carbons (Fsp3) is 1.00. The first kappa shape index (κ1) is 12.1. The van der Waals surface area contributed by atoms with Gasteiger partial charge in [-0.3, -0.25) is 0 Å². The third-order valence-electron chi connectivity index (χ3n) is 3.88. The van der Waals surface area contributed by atoms with Crippen molar-refractivity contribution >= 4 is 0 Å². The third kappa shape index (κ3) is 4.02. The van der Waals surface area contributed by atoms with E-state index in [-0.39, 0.29) is 0 Å². The van der Waals surface area contributed by atoms with Gasteiger partial charge in [0.25, 0.3) is 0 Å². The zero-order valence-electron chi connectivity index (χ0n) is 10.4. The molecular formula is C14H28. The molecule has 1 aliphatic carbocycles. The third-order valence-corrected chi connectivity index (χ3v) is 3.88. The molecule has 0 nitrogen and oxygen atoms in total. The number of hydrogen-bond acceptors (Lipinski definition) is 0. The van der Waals surface area contributed by atoms with Gasteiger partial charge in [-0.15, -0.1) is 0 Å². The fourth-order valence-electron chi connectivity index (χ4n) is 2.80. The van der Waals surface area contributed by atoms with Crippen LogP contribution in [-0.2, 0) is 0 Å². The van der Waals surface area contributed by atoms with E-state index in [0.29, 0.717) is 0 Å². The molecule has 1 aliphatic rings. The summed E-state index contributed by atoms with van der Waals surface area (Å²) < 4.78 is 0. The Labute approximate surface area is 90.5 Å². The van der Waals surface area contributed by atoms with Crippen molar-refractivity contribution in [1.82, 2.24) is 0 Å². The molecule has 0 aromatic heterocycles. The van der Waals surface area contributed by atoms with Gasteiger partial charge in [-0.05, 0) is 24.2 Å². The van der Waals surface area contributed by atoms with Crippen molar-refractivity contribution in [2.45, 2.75) is 72.1 Å². The molecule has 1 saturated carbocycles. The molecule has 3 unspecified atom stereocenters. The van der Waals surface area contributed by atoms with Crippen molar-refractivity contribution in [2.24, 2.45) is 17.8 Å². The summed E-state index contributed by atoms with van der Waals surface area (Å²) in [7, 11) is 0. The van der Waals surface area contributed by atoms with Gasteiger partial charge in [-0.2, -0.15) is 0 Å². The summed E-state index contributed by atoms with van der Waals surface area (Å²) in [6, 6.07) is 0. The van der Waals surface area contributed by atoms with Crippen molar-refractivity contribution in [3.63, 3.8) is 0 Å². The molecule has 0 N–H and O–H groups in total. The first-order chi connectivity index (χ1) is 6.79. The van der Waals surface area contributed by atoms with Crippen LogP contribution in [0.25, 0.3) is 0 Å². The minimum atomic E-state index is 1.01. The second kappa shape index (κ2) is 6.48. The summed E-state index contributed by atoms with van der Waals surface area (Å²) in [6.45, 7) is 7.07. The topological polar surface area (TPSA) is 0 Å². The van der Waals surface area contributed by atoms with Crippen LogP contribution in [0, 0.1) is 17.8 Å². The lowest BCUT2D eigenvalue weighted by Crippen LogP contribution is -1.98. The Kier molecular flexibility index (Phi) is 5.59. The monoisotopic (exact) mass is 196 g/mol. The molecule has 0 aromatic rings. The van der Waals surface area contributed by atoms with E-state index in [1.807, 2.05) is 0 Å². The van der Waals surface area contributed by atoms with Gasteiger partial charge in [-0.25, -0.2) is 0 Å². The second-order valence-corrected chi connectivity index (χ2v) is 5.27. The predicted molar refractivity (Wildman–Crippen MR) is 64.4 cm³/mol. The maximum Gasteiger partial charge on any atom is -0.0357 e. The molecule has 1 rings (SSSR count). The molecule has 0 saturated heterocycles. The normalized spacial score (nSPS) is 27.6. The molecule has 14 heavy (non-hydrogen) atoms. The molecule has 3 atom stereocenters. The van der Waals surface area contributed by atoms with Gasteiger partial charge in [0.05, 0.1) is 0 Å². The first-order valence-electron chi connectivity index (χ1n) is 6.79. The van der Waals surface area contributed by atoms with Gasteiger partial charge in [0.2, 0.25) is 0 Å². The second-order valence-electron chi connectivity index (χ2n) is 5.27. The van der Waals surface area contributed by atoms with E-state index in [1.54, 1.807) is 6.42 Å². The van der Waals surface area contributed by atoms with Gasteiger partial charge in [0.1, 0.15) is 0 Å². The van der Waals surface area contributed by atoms with Crippen molar-refractivity contribution in [2.75, 3.05) is 0 Å². The summed E-state index contributed by atoms with van der Waals surface area (Å²) >= 11 is 0. The Bertz CT molecular complexity index is 139. The van der Waals surface area contributed by atoms with E-state index in [9.17, 15) is 0 Å². The van der Waals surface area contributed by atoms with E-state index in [4.69, 9.17) is 0 Å². The summed E-state index contributed by atoms with van der Waals surface area (Å²) in [5, 5.41) is 0. The molecule has 0 heteroatoms. The molecule has 1 fully saturated rings. The van der Waals surface area contributed by atoms with Gasteiger partial charge < -0.3 is 0 Å². The van der Waals surface area contributed by atoms with E-state index < -0.39 is 0 Å². The summed E-state index contributed by atoms with van der Waals surface area (Å²) in [4.78, 5) is 0. The highest BCUT2D eigenvalue weighted by Gasteiger charge is 2.39. The Balaban J connectivity index is 1.96. The zero-order valence-corrected chi connectivity index (χ0v) is 10.4. The van der Waals surface area contributed by atoms with Crippen LogP contribution in [0.1, 0.15) is 72.1 Å². The lowest BCUT2D eigenvalue weighted by atomic mass is 9.97.